The quantitative estimate of drug-likeness (QED) is 0.790. The predicted molar refractivity (Wildman–Crippen MR) is 85.5 cm³/mol. The molecule has 0 aliphatic heterocycles. The van der Waals surface area contributed by atoms with Gasteiger partial charge in [-0.05, 0) is 24.3 Å². The van der Waals surface area contributed by atoms with E-state index in [1.54, 1.807) is 42.6 Å². The van der Waals surface area contributed by atoms with Crippen molar-refractivity contribution in [2.24, 2.45) is 0 Å². The molecular formula is C15H16N4O2S. The van der Waals surface area contributed by atoms with Crippen LogP contribution < -0.4 is 10.6 Å². The Labute approximate surface area is 129 Å². The van der Waals surface area contributed by atoms with Gasteiger partial charge in [-0.2, -0.15) is 5.26 Å². The molecule has 2 rings (SSSR count). The zero-order valence-electron chi connectivity index (χ0n) is 12.1. The summed E-state index contributed by atoms with van der Waals surface area (Å²) in [6.45, 7) is 0.998. The van der Waals surface area contributed by atoms with E-state index in [1.807, 2.05) is 0 Å². The van der Waals surface area contributed by atoms with Crippen LogP contribution in [0.4, 0.5) is 11.5 Å². The van der Waals surface area contributed by atoms with Crippen molar-refractivity contribution < 1.29 is 8.42 Å². The second-order valence-corrected chi connectivity index (χ2v) is 6.62. The monoisotopic (exact) mass is 316 g/mol. The molecule has 0 aliphatic carbocycles. The Kier molecular flexibility index (Phi) is 4.96. The SMILES string of the molecule is CS(=O)(=O)c1ccccc1NCCNc1ncccc1C#N. The van der Waals surface area contributed by atoms with Gasteiger partial charge in [0.2, 0.25) is 0 Å². The Bertz CT molecular complexity index is 797. The minimum absolute atomic E-state index is 0.269. The number of nitrogens with zero attached hydrogens (tertiary/aromatic N) is 2. The van der Waals surface area contributed by atoms with Crippen molar-refractivity contribution in [3.8, 4) is 6.07 Å². The van der Waals surface area contributed by atoms with Crippen LogP contribution in [0.2, 0.25) is 0 Å². The molecule has 0 saturated heterocycles. The summed E-state index contributed by atoms with van der Waals surface area (Å²) in [6.07, 6.45) is 2.79. The van der Waals surface area contributed by atoms with E-state index in [0.29, 0.717) is 30.2 Å². The van der Waals surface area contributed by atoms with Gasteiger partial charge in [0.05, 0.1) is 16.1 Å². The van der Waals surface area contributed by atoms with Crippen LogP contribution in [0.3, 0.4) is 0 Å². The van der Waals surface area contributed by atoms with Gasteiger partial charge in [-0.1, -0.05) is 12.1 Å². The maximum atomic E-state index is 11.7. The molecule has 0 saturated carbocycles. The van der Waals surface area contributed by atoms with Gasteiger partial charge in [-0.3, -0.25) is 0 Å². The number of hydrogen-bond donors (Lipinski definition) is 2. The van der Waals surface area contributed by atoms with Crippen LogP contribution >= 0.6 is 0 Å². The van der Waals surface area contributed by atoms with E-state index in [2.05, 4.69) is 21.7 Å². The summed E-state index contributed by atoms with van der Waals surface area (Å²) in [5, 5.41) is 15.1. The lowest BCUT2D eigenvalue weighted by atomic mass is 10.3. The van der Waals surface area contributed by atoms with Gasteiger partial charge in [0.25, 0.3) is 0 Å². The summed E-state index contributed by atoms with van der Waals surface area (Å²) in [5.41, 5.74) is 1.03. The summed E-state index contributed by atoms with van der Waals surface area (Å²) in [4.78, 5) is 4.36. The lowest BCUT2D eigenvalue weighted by Gasteiger charge is -2.12. The third-order valence-corrected chi connectivity index (χ3v) is 4.10. The summed E-state index contributed by atoms with van der Waals surface area (Å²) in [7, 11) is -3.27. The van der Waals surface area contributed by atoms with Crippen molar-refractivity contribution in [1.82, 2.24) is 4.98 Å². The summed E-state index contributed by atoms with van der Waals surface area (Å²) < 4.78 is 23.4. The van der Waals surface area contributed by atoms with Crippen LogP contribution in [-0.2, 0) is 9.84 Å². The highest BCUT2D eigenvalue weighted by Crippen LogP contribution is 2.20. The maximum Gasteiger partial charge on any atom is 0.177 e. The number of rotatable bonds is 6. The van der Waals surface area contributed by atoms with Crippen molar-refractivity contribution in [2.75, 3.05) is 30.0 Å². The highest BCUT2D eigenvalue weighted by Gasteiger charge is 2.11. The highest BCUT2D eigenvalue weighted by molar-refractivity contribution is 7.90. The van der Waals surface area contributed by atoms with E-state index in [4.69, 9.17) is 5.26 Å². The highest BCUT2D eigenvalue weighted by atomic mass is 32.2. The van der Waals surface area contributed by atoms with Gasteiger partial charge in [0.15, 0.2) is 9.84 Å². The number of nitriles is 1. The molecule has 0 fully saturated rings. The maximum absolute atomic E-state index is 11.7. The number of aromatic nitrogens is 1. The first kappa shape index (κ1) is 15.8. The molecule has 114 valence electrons. The zero-order chi connectivity index (χ0) is 16.0. The lowest BCUT2D eigenvalue weighted by Crippen LogP contribution is -2.16. The van der Waals surface area contributed by atoms with Crippen LogP contribution in [0.25, 0.3) is 0 Å². The molecule has 1 aromatic carbocycles. The fourth-order valence-electron chi connectivity index (χ4n) is 1.95. The molecular weight excluding hydrogens is 300 g/mol. The fraction of sp³-hybridized carbons (Fsp3) is 0.200. The molecule has 1 heterocycles. The van der Waals surface area contributed by atoms with Gasteiger partial charge in [-0.25, -0.2) is 13.4 Å². The molecule has 2 N–H and O–H groups in total. The number of anilines is 2. The summed E-state index contributed by atoms with van der Waals surface area (Å²) >= 11 is 0. The minimum atomic E-state index is -3.27. The number of para-hydroxylation sites is 1. The van der Waals surface area contributed by atoms with Crippen LogP contribution in [-0.4, -0.2) is 32.7 Å². The van der Waals surface area contributed by atoms with E-state index >= 15 is 0 Å². The van der Waals surface area contributed by atoms with E-state index in [9.17, 15) is 8.42 Å². The Morgan fingerprint density at radius 2 is 1.86 bits per heavy atom. The van der Waals surface area contributed by atoms with Crippen molar-refractivity contribution in [3.05, 3.63) is 48.2 Å². The van der Waals surface area contributed by atoms with Crippen LogP contribution in [0.1, 0.15) is 5.56 Å². The van der Waals surface area contributed by atoms with Crippen LogP contribution in [0, 0.1) is 11.3 Å². The van der Waals surface area contributed by atoms with E-state index in [-0.39, 0.29) is 4.90 Å². The Morgan fingerprint density at radius 3 is 2.59 bits per heavy atom. The second-order valence-electron chi connectivity index (χ2n) is 4.63. The van der Waals surface area contributed by atoms with Crippen molar-refractivity contribution >= 4 is 21.3 Å². The first-order valence-electron chi connectivity index (χ1n) is 6.64. The Hall–Kier alpha value is -2.59. The van der Waals surface area contributed by atoms with Gasteiger partial charge in [-0.15, -0.1) is 0 Å². The largest absolute Gasteiger partial charge is 0.382 e. The number of hydrogen-bond acceptors (Lipinski definition) is 6. The third kappa shape index (κ3) is 3.96. The Morgan fingerprint density at radius 1 is 1.14 bits per heavy atom. The molecule has 0 bridgehead atoms. The lowest BCUT2D eigenvalue weighted by molar-refractivity contribution is 0.602. The number of nitrogens with one attached hydrogen (secondary N) is 2. The standard InChI is InChI=1S/C15H16N4O2S/c1-22(20,21)14-7-3-2-6-13(14)17-9-10-19-15-12(11-16)5-4-8-18-15/h2-8,17H,9-10H2,1H3,(H,18,19). The smallest absolute Gasteiger partial charge is 0.177 e. The van der Waals surface area contributed by atoms with Crippen LogP contribution in [0.15, 0.2) is 47.5 Å². The molecule has 0 radical (unpaired) electrons. The Balaban J connectivity index is 1.97. The van der Waals surface area contributed by atoms with E-state index < -0.39 is 9.84 Å². The third-order valence-electron chi connectivity index (χ3n) is 2.95. The first-order chi connectivity index (χ1) is 10.5. The topological polar surface area (TPSA) is 94.9 Å². The van der Waals surface area contributed by atoms with E-state index in [1.165, 1.54) is 6.26 Å². The predicted octanol–water partition coefficient (Wildman–Crippen LogP) is 1.88. The fourth-order valence-corrected chi connectivity index (χ4v) is 2.82. The van der Waals surface area contributed by atoms with Gasteiger partial charge in [0.1, 0.15) is 11.9 Å². The van der Waals surface area contributed by atoms with Crippen molar-refractivity contribution in [3.63, 3.8) is 0 Å². The van der Waals surface area contributed by atoms with Gasteiger partial charge < -0.3 is 10.6 Å². The van der Waals surface area contributed by atoms with Gasteiger partial charge in [0, 0.05) is 25.5 Å². The normalized spacial score (nSPS) is 10.7. The molecule has 7 heteroatoms. The number of benzene rings is 1. The van der Waals surface area contributed by atoms with Gasteiger partial charge >= 0.3 is 0 Å². The molecule has 6 nitrogen and oxygen atoms in total. The average Bonchev–Trinajstić information content (AvgIpc) is 2.51. The van der Waals surface area contributed by atoms with Crippen molar-refractivity contribution in [1.29, 1.82) is 5.26 Å². The molecule has 0 amide bonds. The minimum Gasteiger partial charge on any atom is -0.382 e. The number of pyridine rings is 1. The molecule has 1 aromatic heterocycles. The zero-order valence-corrected chi connectivity index (χ0v) is 12.9. The van der Waals surface area contributed by atoms with E-state index in [0.717, 1.165) is 0 Å². The summed E-state index contributed by atoms with van der Waals surface area (Å²) in [5.74, 6) is 0.517. The molecule has 0 unspecified atom stereocenters. The molecule has 0 spiro atoms. The first-order valence-corrected chi connectivity index (χ1v) is 8.53. The molecule has 0 atom stereocenters. The average molecular weight is 316 g/mol. The molecule has 2 aromatic rings. The summed E-state index contributed by atoms with van der Waals surface area (Å²) in [6, 6.07) is 12.2. The van der Waals surface area contributed by atoms with Crippen molar-refractivity contribution in [2.45, 2.75) is 4.90 Å². The van der Waals surface area contributed by atoms with Crippen LogP contribution in [0.5, 0.6) is 0 Å². The number of sulfone groups is 1. The second kappa shape index (κ2) is 6.91. The molecule has 22 heavy (non-hydrogen) atoms. The molecule has 0 aliphatic rings.